The molecule has 1 aromatic heterocycles. The monoisotopic (exact) mass is 394 g/mol. The van der Waals surface area contributed by atoms with Crippen molar-refractivity contribution in [2.75, 3.05) is 6.54 Å². The minimum atomic E-state index is -0.319. The van der Waals surface area contributed by atoms with Gasteiger partial charge in [-0.3, -0.25) is 4.79 Å². The Labute approximate surface area is 166 Å². The molecule has 4 nitrogen and oxygen atoms in total. The van der Waals surface area contributed by atoms with E-state index < -0.39 is 0 Å². The van der Waals surface area contributed by atoms with Crippen molar-refractivity contribution < 1.29 is 14.0 Å². The van der Waals surface area contributed by atoms with Gasteiger partial charge in [-0.2, -0.15) is 0 Å². The molecule has 0 unspecified atom stereocenters. The Balaban J connectivity index is 1.50. The Morgan fingerprint density at radius 3 is 2.64 bits per heavy atom. The molecule has 6 heteroatoms. The molecule has 1 amide bonds. The highest BCUT2D eigenvalue weighted by Gasteiger charge is 2.28. The van der Waals surface area contributed by atoms with Gasteiger partial charge in [-0.1, -0.05) is 59.8 Å². The molecule has 0 saturated heterocycles. The van der Waals surface area contributed by atoms with Crippen molar-refractivity contribution in [2.45, 2.75) is 19.1 Å². The molecule has 28 heavy (non-hydrogen) atoms. The number of rotatable bonds is 6. The number of carbonyl (C=O) groups excluding carboxylic acids is 1. The summed E-state index contributed by atoms with van der Waals surface area (Å²) in [7, 11) is 0. The normalized spacial score (nSPS) is 15.8. The van der Waals surface area contributed by atoms with E-state index in [2.05, 4.69) is 5.16 Å². The van der Waals surface area contributed by atoms with Crippen molar-refractivity contribution in [1.29, 1.82) is 0 Å². The molecule has 0 radical (unpaired) electrons. The maximum atomic E-state index is 14.2. The van der Waals surface area contributed by atoms with Crippen LogP contribution in [0.3, 0.4) is 0 Å². The minimum absolute atomic E-state index is 0.130. The van der Waals surface area contributed by atoms with Crippen LogP contribution < -0.4 is 0 Å². The van der Waals surface area contributed by atoms with E-state index in [0.29, 0.717) is 23.4 Å². The summed E-state index contributed by atoms with van der Waals surface area (Å²) in [5, 5.41) is 6.05. The number of benzene rings is 2. The first-order valence-corrected chi connectivity index (χ1v) is 9.93. The standard InChI is InChI=1S/C22H19FN2O2S/c23-19-10-5-4-9-17(19)14-25(22(26)21-11-6-12-28-21)15-18-13-20(24-27-18)16-7-2-1-3-8-16/h1-12,18H,13-15H2/t18-/m1/s1. The zero-order valence-electron chi connectivity index (χ0n) is 15.1. The topological polar surface area (TPSA) is 41.9 Å². The molecule has 0 bridgehead atoms. The Hall–Kier alpha value is -2.99. The third kappa shape index (κ3) is 4.12. The number of thiophene rings is 1. The van der Waals surface area contributed by atoms with Gasteiger partial charge in [0, 0.05) is 18.5 Å². The maximum absolute atomic E-state index is 14.2. The fourth-order valence-corrected chi connectivity index (χ4v) is 3.87. The highest BCUT2D eigenvalue weighted by molar-refractivity contribution is 7.12. The molecule has 0 fully saturated rings. The number of nitrogens with zero attached hydrogens (tertiary/aromatic N) is 2. The first-order chi connectivity index (χ1) is 13.7. The van der Waals surface area contributed by atoms with Gasteiger partial charge in [-0.25, -0.2) is 4.39 Å². The van der Waals surface area contributed by atoms with Crippen molar-refractivity contribution in [1.82, 2.24) is 4.90 Å². The Morgan fingerprint density at radius 2 is 1.89 bits per heavy atom. The number of oxime groups is 1. The van der Waals surface area contributed by atoms with Crippen molar-refractivity contribution in [2.24, 2.45) is 5.16 Å². The van der Waals surface area contributed by atoms with E-state index in [9.17, 15) is 9.18 Å². The van der Waals surface area contributed by atoms with E-state index >= 15 is 0 Å². The van der Waals surface area contributed by atoms with Crippen LogP contribution in [0.4, 0.5) is 4.39 Å². The summed E-state index contributed by atoms with van der Waals surface area (Å²) in [6.07, 6.45) is 0.348. The first-order valence-electron chi connectivity index (χ1n) is 9.05. The van der Waals surface area contributed by atoms with E-state index in [0.717, 1.165) is 11.3 Å². The highest BCUT2D eigenvalue weighted by atomic mass is 32.1. The highest BCUT2D eigenvalue weighted by Crippen LogP contribution is 2.21. The van der Waals surface area contributed by atoms with Crippen molar-refractivity contribution in [3.8, 4) is 0 Å². The van der Waals surface area contributed by atoms with E-state index in [1.807, 2.05) is 41.8 Å². The quantitative estimate of drug-likeness (QED) is 0.607. The summed E-state index contributed by atoms with van der Waals surface area (Å²) in [4.78, 5) is 20.8. The fraction of sp³-hybridized carbons (Fsp3) is 0.182. The Kier molecular flexibility index (Phi) is 5.48. The van der Waals surface area contributed by atoms with Gasteiger partial charge in [-0.05, 0) is 23.1 Å². The lowest BCUT2D eigenvalue weighted by Gasteiger charge is -2.24. The zero-order valence-corrected chi connectivity index (χ0v) is 15.9. The maximum Gasteiger partial charge on any atom is 0.264 e. The van der Waals surface area contributed by atoms with Crippen LogP contribution in [0.1, 0.15) is 27.2 Å². The van der Waals surface area contributed by atoms with Crippen LogP contribution in [0.2, 0.25) is 0 Å². The van der Waals surface area contributed by atoms with Crippen LogP contribution >= 0.6 is 11.3 Å². The van der Waals surface area contributed by atoms with Gasteiger partial charge in [0.05, 0.1) is 17.1 Å². The minimum Gasteiger partial charge on any atom is -0.390 e. The number of amides is 1. The van der Waals surface area contributed by atoms with Gasteiger partial charge in [0.15, 0.2) is 6.10 Å². The lowest BCUT2D eigenvalue weighted by atomic mass is 10.0. The molecule has 0 saturated carbocycles. The van der Waals surface area contributed by atoms with Crippen LogP contribution in [0, 0.1) is 5.82 Å². The summed E-state index contributed by atoms with van der Waals surface area (Å²) < 4.78 is 14.2. The van der Waals surface area contributed by atoms with Crippen LogP contribution in [0.5, 0.6) is 0 Å². The van der Waals surface area contributed by atoms with Gasteiger partial charge < -0.3 is 9.74 Å². The SMILES string of the molecule is O=C(c1cccs1)N(Cc1ccccc1F)C[C@H]1CC(c2ccccc2)=NO1. The van der Waals surface area contributed by atoms with Gasteiger partial charge in [-0.15, -0.1) is 11.3 Å². The third-order valence-electron chi connectivity index (χ3n) is 4.60. The van der Waals surface area contributed by atoms with Crippen LogP contribution in [0.25, 0.3) is 0 Å². The Morgan fingerprint density at radius 1 is 1.11 bits per heavy atom. The van der Waals surface area contributed by atoms with E-state index in [-0.39, 0.29) is 24.4 Å². The molecular formula is C22H19FN2O2S. The molecule has 2 heterocycles. The molecule has 0 aliphatic carbocycles. The van der Waals surface area contributed by atoms with Crippen LogP contribution in [0.15, 0.2) is 77.3 Å². The average molecular weight is 394 g/mol. The van der Waals surface area contributed by atoms with Gasteiger partial charge in [0.1, 0.15) is 5.82 Å². The molecule has 3 aromatic rings. The van der Waals surface area contributed by atoms with E-state index in [4.69, 9.17) is 4.84 Å². The number of halogens is 1. The van der Waals surface area contributed by atoms with E-state index in [1.165, 1.54) is 17.4 Å². The van der Waals surface area contributed by atoms with Crippen molar-refractivity contribution >= 4 is 23.0 Å². The second kappa shape index (κ2) is 8.35. The van der Waals surface area contributed by atoms with Gasteiger partial charge >= 0.3 is 0 Å². The van der Waals surface area contributed by atoms with Crippen LogP contribution in [-0.2, 0) is 11.4 Å². The molecule has 1 aliphatic heterocycles. The zero-order chi connectivity index (χ0) is 19.3. The lowest BCUT2D eigenvalue weighted by Crippen LogP contribution is -2.37. The summed E-state index contributed by atoms with van der Waals surface area (Å²) >= 11 is 1.38. The smallest absolute Gasteiger partial charge is 0.264 e. The third-order valence-corrected chi connectivity index (χ3v) is 5.46. The molecule has 1 atom stereocenters. The second-order valence-electron chi connectivity index (χ2n) is 6.59. The molecule has 142 valence electrons. The molecule has 0 N–H and O–H groups in total. The number of hydrogen-bond acceptors (Lipinski definition) is 4. The molecular weight excluding hydrogens is 375 g/mol. The average Bonchev–Trinajstić information content (AvgIpc) is 3.41. The van der Waals surface area contributed by atoms with Crippen molar-refractivity contribution in [3.63, 3.8) is 0 Å². The molecule has 4 rings (SSSR count). The second-order valence-corrected chi connectivity index (χ2v) is 7.54. The number of hydrogen-bond donors (Lipinski definition) is 0. The van der Waals surface area contributed by atoms with Crippen LogP contribution in [-0.4, -0.2) is 29.2 Å². The molecule has 1 aliphatic rings. The Bertz CT molecular complexity index is 973. The fourth-order valence-electron chi connectivity index (χ4n) is 3.18. The lowest BCUT2D eigenvalue weighted by molar-refractivity contribution is 0.0406. The van der Waals surface area contributed by atoms with Crippen molar-refractivity contribution in [3.05, 3.63) is 93.9 Å². The molecule has 0 spiro atoms. The summed E-state index contributed by atoms with van der Waals surface area (Å²) in [6, 6.07) is 20.0. The van der Waals surface area contributed by atoms with Gasteiger partial charge in [0.25, 0.3) is 5.91 Å². The predicted octanol–water partition coefficient (Wildman–Crippen LogP) is 4.72. The summed E-state index contributed by atoms with van der Waals surface area (Å²) in [5.41, 5.74) is 2.35. The summed E-state index contributed by atoms with van der Waals surface area (Å²) in [5.74, 6) is -0.449. The van der Waals surface area contributed by atoms with E-state index in [1.54, 1.807) is 29.2 Å². The summed E-state index contributed by atoms with van der Waals surface area (Å²) in [6.45, 7) is 0.523. The number of carbonyl (C=O) groups is 1. The van der Waals surface area contributed by atoms with Gasteiger partial charge in [0.2, 0.25) is 0 Å². The first kappa shape index (κ1) is 18.4. The molecule has 2 aromatic carbocycles. The largest absolute Gasteiger partial charge is 0.390 e. The predicted molar refractivity (Wildman–Crippen MR) is 108 cm³/mol.